The summed E-state index contributed by atoms with van der Waals surface area (Å²) in [5, 5.41) is 9.99. The molecule has 37 heavy (non-hydrogen) atoms. The fourth-order valence-electron chi connectivity index (χ4n) is 4.40. The quantitative estimate of drug-likeness (QED) is 0.453. The fraction of sp³-hybridized carbons (Fsp3) is 0.444. The van der Waals surface area contributed by atoms with Crippen molar-refractivity contribution in [3.8, 4) is 0 Å². The third kappa shape index (κ3) is 7.29. The zero-order valence-corrected chi connectivity index (χ0v) is 22.5. The summed E-state index contributed by atoms with van der Waals surface area (Å²) in [5.74, 6) is -0.210. The van der Waals surface area contributed by atoms with Crippen molar-refractivity contribution in [1.29, 1.82) is 0 Å². The summed E-state index contributed by atoms with van der Waals surface area (Å²) in [4.78, 5) is 41.9. The molecule has 0 bridgehead atoms. The number of halogens is 2. The second-order valence-electron chi connectivity index (χ2n) is 9.40. The molecule has 0 spiro atoms. The third-order valence-electron chi connectivity index (χ3n) is 6.61. The molecule has 2 aromatic carbocycles. The van der Waals surface area contributed by atoms with E-state index in [1.165, 1.54) is 0 Å². The lowest BCUT2D eigenvalue weighted by Crippen LogP contribution is -2.42. The van der Waals surface area contributed by atoms with Crippen molar-refractivity contribution in [2.75, 3.05) is 49.5 Å². The molecule has 0 aromatic heterocycles. The fourth-order valence-corrected chi connectivity index (χ4v) is 4.90. The Bertz CT molecular complexity index is 1150. The van der Waals surface area contributed by atoms with Gasteiger partial charge < -0.3 is 25.8 Å². The number of hydrogen-bond acceptors (Lipinski definition) is 4. The predicted octanol–water partition coefficient (Wildman–Crippen LogP) is 4.56. The van der Waals surface area contributed by atoms with Crippen molar-refractivity contribution < 1.29 is 14.4 Å². The minimum atomic E-state index is -0.225. The molecule has 198 valence electrons. The first kappa shape index (κ1) is 27.1. The van der Waals surface area contributed by atoms with E-state index in [1.54, 1.807) is 24.3 Å². The van der Waals surface area contributed by atoms with Crippen molar-refractivity contribution in [1.82, 2.24) is 15.5 Å². The average molecular weight is 546 g/mol. The number of anilines is 2. The minimum absolute atomic E-state index is 0.0186. The van der Waals surface area contributed by atoms with E-state index in [1.807, 2.05) is 24.0 Å². The lowest BCUT2D eigenvalue weighted by Gasteiger charge is -2.26. The highest BCUT2D eigenvalue weighted by atomic mass is 35.5. The molecule has 0 unspecified atom stereocenters. The molecule has 1 heterocycles. The highest BCUT2D eigenvalue weighted by Gasteiger charge is 2.31. The molecule has 4 amide bonds. The van der Waals surface area contributed by atoms with Crippen LogP contribution in [0.3, 0.4) is 0 Å². The molecule has 8 nitrogen and oxygen atoms in total. The maximum Gasteiger partial charge on any atom is 0.317 e. The first-order valence-electron chi connectivity index (χ1n) is 12.8. The normalized spacial score (nSPS) is 15.6. The van der Waals surface area contributed by atoms with Crippen molar-refractivity contribution in [3.63, 3.8) is 0 Å². The third-order valence-corrected chi connectivity index (χ3v) is 7.20. The number of benzene rings is 2. The molecule has 1 saturated heterocycles. The average Bonchev–Trinajstić information content (AvgIpc) is 3.73. The van der Waals surface area contributed by atoms with Gasteiger partial charge in [0.15, 0.2) is 0 Å². The van der Waals surface area contributed by atoms with Crippen molar-refractivity contribution in [2.45, 2.75) is 32.6 Å². The molecule has 4 rings (SSSR count). The van der Waals surface area contributed by atoms with Gasteiger partial charge in [0, 0.05) is 60.8 Å². The first-order valence-corrected chi connectivity index (χ1v) is 13.6. The van der Waals surface area contributed by atoms with Crippen LogP contribution >= 0.6 is 23.2 Å². The lowest BCUT2D eigenvalue weighted by molar-refractivity contribution is -0.117. The Hall–Kier alpha value is -2.97. The number of hydrogen-bond donors (Lipinski definition) is 3. The van der Waals surface area contributed by atoms with Gasteiger partial charge in [-0.25, -0.2) is 4.79 Å². The van der Waals surface area contributed by atoms with E-state index in [9.17, 15) is 14.4 Å². The number of carbonyl (C=O) groups excluding carboxylic acids is 3. The molecular weight excluding hydrogens is 513 g/mol. The van der Waals surface area contributed by atoms with Gasteiger partial charge in [0.1, 0.15) is 0 Å². The Kier molecular flexibility index (Phi) is 9.16. The van der Waals surface area contributed by atoms with Crippen LogP contribution in [0.2, 0.25) is 10.0 Å². The number of carbonyl (C=O) groups is 3. The van der Waals surface area contributed by atoms with Gasteiger partial charge in [-0.1, -0.05) is 29.3 Å². The van der Waals surface area contributed by atoms with E-state index in [0.717, 1.165) is 37.1 Å². The molecule has 1 saturated carbocycles. The number of nitrogens with zero attached hydrogens (tertiary/aromatic N) is 2. The van der Waals surface area contributed by atoms with Crippen LogP contribution < -0.4 is 20.9 Å². The van der Waals surface area contributed by atoms with E-state index in [-0.39, 0.29) is 23.8 Å². The minimum Gasteiger partial charge on any atom is -0.368 e. The summed E-state index contributed by atoms with van der Waals surface area (Å²) >= 11 is 12.2. The van der Waals surface area contributed by atoms with E-state index in [4.69, 9.17) is 23.2 Å². The van der Waals surface area contributed by atoms with Crippen molar-refractivity contribution in [2.24, 2.45) is 5.92 Å². The Balaban J connectivity index is 1.45. The Morgan fingerprint density at radius 2 is 1.78 bits per heavy atom. The molecule has 2 aromatic rings. The van der Waals surface area contributed by atoms with E-state index in [2.05, 4.69) is 20.9 Å². The lowest BCUT2D eigenvalue weighted by atomic mass is 10.1. The van der Waals surface area contributed by atoms with Crippen LogP contribution in [0, 0.1) is 5.92 Å². The molecular formula is C27H33Cl2N5O3. The number of urea groups is 1. The molecule has 10 heteroatoms. The molecule has 1 aliphatic heterocycles. The number of nitrogens with one attached hydrogen (secondary N) is 3. The van der Waals surface area contributed by atoms with Gasteiger partial charge in [0.2, 0.25) is 5.91 Å². The van der Waals surface area contributed by atoms with Gasteiger partial charge in [0.25, 0.3) is 5.91 Å². The number of amides is 4. The molecule has 2 aliphatic rings. The molecule has 2 fully saturated rings. The Morgan fingerprint density at radius 1 is 0.973 bits per heavy atom. The SMILES string of the molecule is CCNC(=O)N1CCCN(c2ccc(C(=O)NCCc3ccc(Cl)cc3Cl)cc2NC(=O)C2CC2)CC1. The maximum absolute atomic E-state index is 12.9. The van der Waals surface area contributed by atoms with Crippen LogP contribution in [-0.4, -0.2) is 62.0 Å². The standard InChI is InChI=1S/C27H33Cl2N5O3/c1-2-30-27(37)34-13-3-12-33(14-15-34)24-9-7-20(16-23(24)32-26(36)19-4-5-19)25(35)31-11-10-18-6-8-21(28)17-22(18)29/h6-9,16-17,19H,2-5,10-15H2,1H3,(H,30,37)(H,31,35)(H,32,36). The van der Waals surface area contributed by atoms with Crippen LogP contribution in [0.25, 0.3) is 0 Å². The Morgan fingerprint density at radius 3 is 2.51 bits per heavy atom. The van der Waals surface area contributed by atoms with Gasteiger partial charge in [0.05, 0.1) is 11.4 Å². The first-order chi connectivity index (χ1) is 17.9. The summed E-state index contributed by atoms with van der Waals surface area (Å²) in [6.07, 6.45) is 3.16. The molecule has 3 N–H and O–H groups in total. The van der Waals surface area contributed by atoms with Crippen LogP contribution in [0.4, 0.5) is 16.2 Å². The maximum atomic E-state index is 12.9. The van der Waals surface area contributed by atoms with Gasteiger partial charge in [-0.3, -0.25) is 9.59 Å². The monoisotopic (exact) mass is 545 g/mol. The van der Waals surface area contributed by atoms with E-state index >= 15 is 0 Å². The molecule has 0 radical (unpaired) electrons. The molecule has 1 aliphatic carbocycles. The van der Waals surface area contributed by atoms with E-state index in [0.29, 0.717) is 60.4 Å². The van der Waals surface area contributed by atoms with Gasteiger partial charge >= 0.3 is 6.03 Å². The summed E-state index contributed by atoms with van der Waals surface area (Å²) in [7, 11) is 0. The highest BCUT2D eigenvalue weighted by molar-refractivity contribution is 6.35. The highest BCUT2D eigenvalue weighted by Crippen LogP contribution is 2.33. The zero-order chi connectivity index (χ0) is 26.4. The summed E-state index contributed by atoms with van der Waals surface area (Å²) in [5.41, 5.74) is 2.85. The topological polar surface area (TPSA) is 93.8 Å². The van der Waals surface area contributed by atoms with E-state index < -0.39 is 0 Å². The zero-order valence-electron chi connectivity index (χ0n) is 21.0. The largest absolute Gasteiger partial charge is 0.368 e. The smallest absolute Gasteiger partial charge is 0.317 e. The van der Waals surface area contributed by atoms with Gasteiger partial charge in [-0.15, -0.1) is 0 Å². The van der Waals surface area contributed by atoms with Gasteiger partial charge in [-0.05, 0) is 68.5 Å². The summed E-state index contributed by atoms with van der Waals surface area (Å²) in [6.45, 7) is 5.54. The summed E-state index contributed by atoms with van der Waals surface area (Å²) in [6, 6.07) is 10.7. The Labute approximate surface area is 227 Å². The van der Waals surface area contributed by atoms with Crippen LogP contribution in [-0.2, 0) is 11.2 Å². The van der Waals surface area contributed by atoms with Crippen LogP contribution in [0.15, 0.2) is 36.4 Å². The van der Waals surface area contributed by atoms with Crippen molar-refractivity contribution >= 4 is 52.4 Å². The van der Waals surface area contributed by atoms with Crippen molar-refractivity contribution in [3.05, 3.63) is 57.6 Å². The second-order valence-corrected chi connectivity index (χ2v) is 10.2. The van der Waals surface area contributed by atoms with Gasteiger partial charge in [-0.2, -0.15) is 0 Å². The number of rotatable bonds is 8. The van der Waals surface area contributed by atoms with Crippen LogP contribution in [0.5, 0.6) is 0 Å². The predicted molar refractivity (Wildman–Crippen MR) is 148 cm³/mol. The van der Waals surface area contributed by atoms with Crippen LogP contribution in [0.1, 0.15) is 42.1 Å². The second kappa shape index (κ2) is 12.5. The molecule has 0 atom stereocenters. The summed E-state index contributed by atoms with van der Waals surface area (Å²) < 4.78 is 0.